The fourth-order valence-electron chi connectivity index (χ4n) is 2.25. The SMILES string of the molecule is Cc1ccnc2c1nc(C(C)Cl)n2-c1ccccc1Br. The van der Waals surface area contributed by atoms with E-state index in [0.29, 0.717) is 0 Å². The van der Waals surface area contributed by atoms with Gasteiger partial charge in [-0.2, -0.15) is 0 Å². The van der Waals surface area contributed by atoms with Crippen molar-refractivity contribution in [2.75, 3.05) is 0 Å². The standard InChI is InChI=1S/C15H13BrClN3/c1-9-7-8-18-15-13(9)19-14(10(2)17)20(15)12-6-4-3-5-11(12)16/h3-8,10H,1-2H3. The maximum atomic E-state index is 6.31. The van der Waals surface area contributed by atoms with Crippen molar-refractivity contribution in [2.24, 2.45) is 0 Å². The lowest BCUT2D eigenvalue weighted by atomic mass is 10.2. The van der Waals surface area contributed by atoms with Gasteiger partial charge in [-0.05, 0) is 53.5 Å². The number of hydrogen-bond acceptors (Lipinski definition) is 2. The van der Waals surface area contributed by atoms with Crippen molar-refractivity contribution in [1.82, 2.24) is 14.5 Å². The molecule has 0 saturated carbocycles. The highest BCUT2D eigenvalue weighted by Crippen LogP contribution is 2.31. The smallest absolute Gasteiger partial charge is 0.165 e. The van der Waals surface area contributed by atoms with Crippen LogP contribution in [0.15, 0.2) is 41.0 Å². The highest BCUT2D eigenvalue weighted by atomic mass is 79.9. The monoisotopic (exact) mass is 349 g/mol. The zero-order chi connectivity index (χ0) is 14.3. The lowest BCUT2D eigenvalue weighted by Crippen LogP contribution is -2.03. The molecular weight excluding hydrogens is 338 g/mol. The highest BCUT2D eigenvalue weighted by molar-refractivity contribution is 9.10. The van der Waals surface area contributed by atoms with Crippen molar-refractivity contribution in [3.8, 4) is 5.69 Å². The summed E-state index contributed by atoms with van der Waals surface area (Å²) in [5, 5.41) is -0.198. The summed E-state index contributed by atoms with van der Waals surface area (Å²) in [6.45, 7) is 3.95. The molecule has 2 aromatic heterocycles. The summed E-state index contributed by atoms with van der Waals surface area (Å²) in [5.74, 6) is 0.801. The summed E-state index contributed by atoms with van der Waals surface area (Å²) in [7, 11) is 0. The zero-order valence-corrected chi connectivity index (χ0v) is 13.5. The Morgan fingerprint density at radius 1 is 1.25 bits per heavy atom. The van der Waals surface area contributed by atoms with E-state index < -0.39 is 0 Å². The van der Waals surface area contributed by atoms with E-state index in [2.05, 4.69) is 25.9 Å². The van der Waals surface area contributed by atoms with Crippen molar-refractivity contribution in [1.29, 1.82) is 0 Å². The molecule has 2 heterocycles. The van der Waals surface area contributed by atoms with Crippen LogP contribution in [0, 0.1) is 6.92 Å². The summed E-state index contributed by atoms with van der Waals surface area (Å²) in [5.41, 5.74) is 3.82. The van der Waals surface area contributed by atoms with Crippen molar-refractivity contribution in [2.45, 2.75) is 19.2 Å². The van der Waals surface area contributed by atoms with E-state index in [0.717, 1.165) is 32.7 Å². The molecule has 0 aliphatic heterocycles. The lowest BCUT2D eigenvalue weighted by Gasteiger charge is -2.11. The first-order valence-corrected chi connectivity index (χ1v) is 7.55. The minimum atomic E-state index is -0.198. The number of benzene rings is 1. The van der Waals surface area contributed by atoms with Crippen LogP contribution in [0.4, 0.5) is 0 Å². The molecule has 3 nitrogen and oxygen atoms in total. The minimum Gasteiger partial charge on any atom is -0.278 e. The van der Waals surface area contributed by atoms with Gasteiger partial charge in [0.2, 0.25) is 0 Å². The molecule has 3 rings (SSSR count). The minimum absolute atomic E-state index is 0.198. The first-order chi connectivity index (χ1) is 9.59. The number of para-hydroxylation sites is 1. The molecule has 1 atom stereocenters. The third-order valence-electron chi connectivity index (χ3n) is 3.22. The summed E-state index contributed by atoms with van der Waals surface area (Å²) < 4.78 is 3.01. The predicted octanol–water partition coefficient (Wildman–Crippen LogP) is 4.79. The van der Waals surface area contributed by atoms with Crippen molar-refractivity contribution in [3.63, 3.8) is 0 Å². The van der Waals surface area contributed by atoms with Gasteiger partial charge in [0.1, 0.15) is 11.3 Å². The average molecular weight is 351 g/mol. The second kappa shape index (κ2) is 5.19. The Balaban J connectivity index is 2.42. The Hall–Kier alpha value is -1.39. The summed E-state index contributed by atoms with van der Waals surface area (Å²) in [4.78, 5) is 9.16. The van der Waals surface area contributed by atoms with Crippen LogP contribution in [0.1, 0.15) is 23.7 Å². The Bertz CT molecular complexity index is 780. The topological polar surface area (TPSA) is 30.7 Å². The second-order valence-electron chi connectivity index (χ2n) is 4.67. The van der Waals surface area contributed by atoms with E-state index >= 15 is 0 Å². The molecule has 5 heteroatoms. The number of alkyl halides is 1. The van der Waals surface area contributed by atoms with E-state index in [9.17, 15) is 0 Å². The van der Waals surface area contributed by atoms with Crippen molar-refractivity contribution >= 4 is 38.7 Å². The van der Waals surface area contributed by atoms with Gasteiger partial charge >= 0.3 is 0 Å². The number of aryl methyl sites for hydroxylation is 1. The number of rotatable bonds is 2. The Kier molecular flexibility index (Phi) is 3.52. The van der Waals surface area contributed by atoms with Gasteiger partial charge < -0.3 is 0 Å². The molecule has 3 aromatic rings. The number of fused-ring (bicyclic) bond motifs is 1. The van der Waals surface area contributed by atoms with Gasteiger partial charge in [-0.25, -0.2) is 9.97 Å². The fourth-order valence-corrected chi connectivity index (χ4v) is 2.86. The summed E-state index contributed by atoms with van der Waals surface area (Å²) in [6.07, 6.45) is 1.80. The van der Waals surface area contributed by atoms with Gasteiger partial charge in [-0.3, -0.25) is 4.57 Å². The van der Waals surface area contributed by atoms with Gasteiger partial charge in [-0.15, -0.1) is 11.6 Å². The molecule has 0 aliphatic carbocycles. The van der Waals surface area contributed by atoms with Gasteiger partial charge in [0.25, 0.3) is 0 Å². The Morgan fingerprint density at radius 3 is 2.70 bits per heavy atom. The zero-order valence-electron chi connectivity index (χ0n) is 11.1. The van der Waals surface area contributed by atoms with Crippen LogP contribution in [0.25, 0.3) is 16.9 Å². The molecule has 0 N–H and O–H groups in total. The van der Waals surface area contributed by atoms with Crippen LogP contribution < -0.4 is 0 Å². The molecule has 0 bridgehead atoms. The number of aromatic nitrogens is 3. The van der Waals surface area contributed by atoms with E-state index in [1.165, 1.54) is 0 Å². The Morgan fingerprint density at radius 2 is 2.00 bits per heavy atom. The molecule has 0 radical (unpaired) electrons. The second-order valence-corrected chi connectivity index (χ2v) is 6.18. The van der Waals surface area contributed by atoms with Gasteiger partial charge in [-0.1, -0.05) is 12.1 Å². The number of halogens is 2. The number of imidazole rings is 1. The molecule has 0 aliphatic rings. The van der Waals surface area contributed by atoms with E-state index in [-0.39, 0.29) is 5.38 Å². The molecule has 102 valence electrons. The molecule has 0 saturated heterocycles. The fraction of sp³-hybridized carbons (Fsp3) is 0.200. The number of hydrogen-bond donors (Lipinski definition) is 0. The molecular formula is C15H13BrClN3. The van der Waals surface area contributed by atoms with Gasteiger partial charge in [0, 0.05) is 10.7 Å². The third kappa shape index (κ3) is 2.13. The third-order valence-corrected chi connectivity index (χ3v) is 4.09. The predicted molar refractivity (Wildman–Crippen MR) is 85.6 cm³/mol. The van der Waals surface area contributed by atoms with Crippen LogP contribution in [0.3, 0.4) is 0 Å². The number of nitrogens with zero attached hydrogens (tertiary/aromatic N) is 3. The lowest BCUT2D eigenvalue weighted by molar-refractivity contribution is 0.874. The van der Waals surface area contributed by atoms with Gasteiger partial charge in [0.05, 0.1) is 11.1 Å². The quantitative estimate of drug-likeness (QED) is 0.622. The van der Waals surface area contributed by atoms with Crippen molar-refractivity contribution < 1.29 is 0 Å². The highest BCUT2D eigenvalue weighted by Gasteiger charge is 2.19. The normalized spacial score (nSPS) is 12.8. The van der Waals surface area contributed by atoms with Gasteiger partial charge in [0.15, 0.2) is 5.65 Å². The average Bonchev–Trinajstić information content (AvgIpc) is 2.80. The largest absolute Gasteiger partial charge is 0.278 e. The van der Waals surface area contributed by atoms with Crippen LogP contribution in [-0.2, 0) is 0 Å². The Labute approximate surface area is 130 Å². The van der Waals surface area contributed by atoms with E-state index in [1.807, 2.05) is 48.7 Å². The molecule has 0 amide bonds. The molecule has 0 spiro atoms. The van der Waals surface area contributed by atoms with Crippen LogP contribution in [0.5, 0.6) is 0 Å². The van der Waals surface area contributed by atoms with Crippen molar-refractivity contribution in [3.05, 3.63) is 52.4 Å². The molecule has 1 aromatic carbocycles. The maximum Gasteiger partial charge on any atom is 0.165 e. The molecule has 0 fully saturated rings. The molecule has 20 heavy (non-hydrogen) atoms. The first kappa shape index (κ1) is 13.6. The van der Waals surface area contributed by atoms with E-state index in [1.54, 1.807) is 6.20 Å². The van der Waals surface area contributed by atoms with Crippen LogP contribution in [0.2, 0.25) is 0 Å². The van der Waals surface area contributed by atoms with E-state index in [4.69, 9.17) is 11.6 Å². The molecule has 1 unspecified atom stereocenters. The number of pyridine rings is 1. The van der Waals surface area contributed by atoms with Crippen LogP contribution in [-0.4, -0.2) is 14.5 Å². The summed E-state index contributed by atoms with van der Waals surface area (Å²) >= 11 is 9.89. The summed E-state index contributed by atoms with van der Waals surface area (Å²) in [6, 6.07) is 9.96. The maximum absolute atomic E-state index is 6.31. The first-order valence-electron chi connectivity index (χ1n) is 6.32. The van der Waals surface area contributed by atoms with Crippen LogP contribution >= 0.6 is 27.5 Å².